The fraction of sp³-hybridized carbons (Fsp3) is 0.263. The van der Waals surface area contributed by atoms with E-state index in [-0.39, 0.29) is 5.56 Å². The van der Waals surface area contributed by atoms with Gasteiger partial charge in [0.15, 0.2) is 6.20 Å². The average molecular weight is 437 g/mol. The lowest BCUT2D eigenvalue weighted by Gasteiger charge is -2.12. The van der Waals surface area contributed by atoms with Crippen molar-refractivity contribution in [2.75, 3.05) is 11.9 Å². The number of aromatic nitrogens is 2. The largest absolute Gasteiger partial charge is 0.337 e. The van der Waals surface area contributed by atoms with Crippen LogP contribution in [0.3, 0.4) is 0 Å². The van der Waals surface area contributed by atoms with Gasteiger partial charge in [0.1, 0.15) is 20.8 Å². The maximum atomic E-state index is 13.1. The Labute approximate surface area is 174 Å². The van der Waals surface area contributed by atoms with Gasteiger partial charge in [-0.05, 0) is 32.0 Å². The third-order valence-corrected chi connectivity index (χ3v) is 8.07. The Balaban J connectivity index is 1.93. The summed E-state index contributed by atoms with van der Waals surface area (Å²) in [7, 11) is 2.01. The second-order valence-corrected chi connectivity index (χ2v) is 9.49. The lowest BCUT2D eigenvalue weighted by atomic mass is 10.3. The predicted octanol–water partition coefficient (Wildman–Crippen LogP) is 3.09. The molecule has 0 bridgehead atoms. The molecule has 8 heteroatoms. The number of hydrogen-bond acceptors (Lipinski definition) is 5. The molecule has 1 aliphatic heterocycles. The topological polar surface area (TPSA) is 29.1 Å². The molecule has 0 atom stereocenters. The molecule has 4 nitrogen and oxygen atoms in total. The SMILES string of the molecule is CCn1c(=O)/c(=C2\Sc3cc(Cl)ccc3N2C)s/c1=C\c1scc[n+]1CC. The summed E-state index contributed by atoms with van der Waals surface area (Å²) in [5.41, 5.74) is 1.16. The zero-order chi connectivity index (χ0) is 19.1. The maximum Gasteiger partial charge on any atom is 0.271 e. The number of thiazole rings is 2. The molecule has 4 rings (SSSR count). The molecule has 1 aliphatic rings. The summed E-state index contributed by atoms with van der Waals surface area (Å²) in [6.45, 7) is 5.70. The lowest BCUT2D eigenvalue weighted by molar-refractivity contribution is -0.690. The van der Waals surface area contributed by atoms with Crippen molar-refractivity contribution in [2.24, 2.45) is 0 Å². The van der Waals surface area contributed by atoms with Crippen molar-refractivity contribution in [2.45, 2.75) is 31.8 Å². The number of fused-ring (bicyclic) bond motifs is 1. The third kappa shape index (κ3) is 3.27. The molecule has 3 heterocycles. The lowest BCUT2D eigenvalue weighted by Crippen LogP contribution is -2.35. The van der Waals surface area contributed by atoms with E-state index in [0.717, 1.165) is 36.4 Å². The van der Waals surface area contributed by atoms with Crippen LogP contribution in [0.5, 0.6) is 0 Å². The summed E-state index contributed by atoms with van der Waals surface area (Å²) in [5.74, 6) is 0. The minimum atomic E-state index is 0.0709. The fourth-order valence-electron chi connectivity index (χ4n) is 3.09. The number of nitrogens with zero attached hydrogens (tertiary/aromatic N) is 3. The van der Waals surface area contributed by atoms with Crippen LogP contribution in [0.1, 0.15) is 18.9 Å². The number of rotatable bonds is 3. The smallest absolute Gasteiger partial charge is 0.271 e. The Morgan fingerprint density at radius 3 is 2.85 bits per heavy atom. The van der Waals surface area contributed by atoms with Crippen molar-refractivity contribution in [1.82, 2.24) is 4.57 Å². The highest BCUT2D eigenvalue weighted by molar-refractivity contribution is 8.08. The molecule has 140 valence electrons. The number of hydrogen-bond donors (Lipinski definition) is 0. The summed E-state index contributed by atoms with van der Waals surface area (Å²) in [5, 5.41) is 4.91. The first kappa shape index (κ1) is 18.8. The van der Waals surface area contributed by atoms with Crippen LogP contribution in [0.15, 0.2) is 39.5 Å². The van der Waals surface area contributed by atoms with Gasteiger partial charge in [-0.3, -0.25) is 9.36 Å². The van der Waals surface area contributed by atoms with Gasteiger partial charge < -0.3 is 4.90 Å². The molecule has 0 unspecified atom stereocenters. The van der Waals surface area contributed by atoms with Crippen molar-refractivity contribution in [3.8, 4) is 0 Å². The van der Waals surface area contributed by atoms with Gasteiger partial charge in [0.2, 0.25) is 0 Å². The van der Waals surface area contributed by atoms with Crippen molar-refractivity contribution >= 4 is 62.8 Å². The van der Waals surface area contributed by atoms with E-state index >= 15 is 0 Å². The third-order valence-electron chi connectivity index (χ3n) is 4.52. The van der Waals surface area contributed by atoms with E-state index in [1.807, 2.05) is 36.7 Å². The van der Waals surface area contributed by atoms with Crippen molar-refractivity contribution < 1.29 is 4.57 Å². The van der Waals surface area contributed by atoms with Crippen LogP contribution in [-0.2, 0) is 13.1 Å². The highest BCUT2D eigenvalue weighted by atomic mass is 35.5. The molecule has 0 saturated carbocycles. The first-order valence-corrected chi connectivity index (χ1v) is 11.6. The molecule has 0 radical (unpaired) electrons. The second-order valence-electron chi connectivity index (χ2n) is 6.07. The van der Waals surface area contributed by atoms with Gasteiger partial charge in [0.05, 0.1) is 17.1 Å². The summed E-state index contributed by atoms with van der Waals surface area (Å²) < 4.78 is 5.81. The maximum absolute atomic E-state index is 13.1. The van der Waals surface area contributed by atoms with E-state index in [1.165, 1.54) is 0 Å². The standard InChI is InChI=1S/C19H19ClN3OS3/c1-4-22-8-9-25-15(22)11-16-23(5-2)18(24)17(27-16)19-21(3)13-7-6-12(20)10-14(13)26-19/h6-11H,4-5H2,1-3H3/q+1/b19-17+. The van der Waals surface area contributed by atoms with Gasteiger partial charge >= 0.3 is 0 Å². The van der Waals surface area contributed by atoms with E-state index in [9.17, 15) is 4.79 Å². The number of thioether (sulfide) groups is 1. The van der Waals surface area contributed by atoms with E-state index in [0.29, 0.717) is 11.6 Å². The molecule has 0 fully saturated rings. The molecule has 1 aromatic carbocycles. The highest BCUT2D eigenvalue weighted by Crippen LogP contribution is 2.46. The quantitative estimate of drug-likeness (QED) is 0.591. The average Bonchev–Trinajstić information content (AvgIpc) is 3.31. The van der Waals surface area contributed by atoms with E-state index in [2.05, 4.69) is 34.0 Å². The Bertz CT molecular complexity index is 1190. The number of benzene rings is 1. The van der Waals surface area contributed by atoms with Crippen LogP contribution in [0.25, 0.3) is 11.1 Å². The molecule has 0 aliphatic carbocycles. The van der Waals surface area contributed by atoms with Gasteiger partial charge in [-0.1, -0.05) is 34.7 Å². The Morgan fingerprint density at radius 2 is 2.11 bits per heavy atom. The summed E-state index contributed by atoms with van der Waals surface area (Å²) in [6.07, 6.45) is 4.20. The van der Waals surface area contributed by atoms with Crippen LogP contribution < -0.4 is 24.2 Å². The van der Waals surface area contributed by atoms with E-state index < -0.39 is 0 Å². The van der Waals surface area contributed by atoms with E-state index in [1.54, 1.807) is 34.4 Å². The van der Waals surface area contributed by atoms with Crippen LogP contribution >= 0.6 is 46.0 Å². The molecule has 0 spiro atoms. The first-order chi connectivity index (χ1) is 13.0. The fourth-order valence-corrected chi connectivity index (χ4v) is 6.75. The van der Waals surface area contributed by atoms with Crippen LogP contribution in [-0.4, -0.2) is 11.6 Å². The summed E-state index contributed by atoms with van der Waals surface area (Å²) in [4.78, 5) is 16.3. The molecule has 3 aromatic rings. The minimum Gasteiger partial charge on any atom is -0.337 e. The number of anilines is 1. The minimum absolute atomic E-state index is 0.0709. The van der Waals surface area contributed by atoms with Gasteiger partial charge in [0, 0.05) is 23.5 Å². The van der Waals surface area contributed by atoms with Gasteiger partial charge in [-0.15, -0.1) is 11.3 Å². The van der Waals surface area contributed by atoms with Crippen LogP contribution in [0, 0.1) is 0 Å². The molecule has 2 aromatic heterocycles. The Hall–Kier alpha value is -1.54. The predicted molar refractivity (Wildman–Crippen MR) is 116 cm³/mol. The molecule has 0 saturated heterocycles. The molecule has 0 N–H and O–H groups in total. The van der Waals surface area contributed by atoms with Crippen LogP contribution in [0.4, 0.5) is 5.69 Å². The monoisotopic (exact) mass is 436 g/mol. The number of halogens is 1. The normalized spacial score (nSPS) is 16.3. The number of aryl methyl sites for hydroxylation is 1. The molecular formula is C19H19ClN3OS3+. The summed E-state index contributed by atoms with van der Waals surface area (Å²) >= 11 is 11.0. The zero-order valence-corrected chi connectivity index (χ0v) is 18.4. The molecule has 0 amide bonds. The Kier molecular flexibility index (Phi) is 5.20. The van der Waals surface area contributed by atoms with Crippen molar-refractivity contribution in [1.29, 1.82) is 0 Å². The van der Waals surface area contributed by atoms with Gasteiger partial charge in [-0.2, -0.15) is 4.57 Å². The molecule has 27 heavy (non-hydrogen) atoms. The van der Waals surface area contributed by atoms with Crippen molar-refractivity contribution in [3.05, 3.63) is 59.4 Å². The zero-order valence-electron chi connectivity index (χ0n) is 15.2. The first-order valence-electron chi connectivity index (χ1n) is 8.67. The Morgan fingerprint density at radius 1 is 1.30 bits per heavy atom. The van der Waals surface area contributed by atoms with E-state index in [4.69, 9.17) is 11.6 Å². The van der Waals surface area contributed by atoms with Gasteiger partial charge in [0.25, 0.3) is 10.6 Å². The summed E-state index contributed by atoms with van der Waals surface area (Å²) in [6, 6.07) is 5.85. The van der Waals surface area contributed by atoms with Gasteiger partial charge in [-0.25, -0.2) is 0 Å². The highest BCUT2D eigenvalue weighted by Gasteiger charge is 2.25. The second kappa shape index (κ2) is 7.47. The molecular weight excluding hydrogens is 418 g/mol. The van der Waals surface area contributed by atoms with Crippen molar-refractivity contribution in [3.63, 3.8) is 0 Å². The van der Waals surface area contributed by atoms with Crippen LogP contribution in [0.2, 0.25) is 5.02 Å².